The fourth-order valence-electron chi connectivity index (χ4n) is 3.80. The van der Waals surface area contributed by atoms with Gasteiger partial charge in [-0.2, -0.15) is 0 Å². The summed E-state index contributed by atoms with van der Waals surface area (Å²) in [6, 6.07) is 12.0. The van der Waals surface area contributed by atoms with Crippen LogP contribution in [0.5, 0.6) is 0 Å². The Balaban J connectivity index is 1.19. The lowest BCUT2D eigenvalue weighted by Crippen LogP contribution is -2.49. The summed E-state index contributed by atoms with van der Waals surface area (Å²) < 4.78 is 10.4. The number of ketones is 1. The molecule has 1 aromatic heterocycles. The predicted octanol–water partition coefficient (Wildman–Crippen LogP) is 2.61. The molecule has 3 aromatic rings. The molecule has 0 spiro atoms. The molecule has 2 aromatic carbocycles. The zero-order valence-electron chi connectivity index (χ0n) is 18.8. The van der Waals surface area contributed by atoms with E-state index in [9.17, 15) is 19.2 Å². The Kier molecular flexibility index (Phi) is 7.07. The van der Waals surface area contributed by atoms with Gasteiger partial charge in [0.1, 0.15) is 6.61 Å². The normalized spacial score (nSPS) is 14.2. The molecule has 1 saturated heterocycles. The molecule has 0 aliphatic carbocycles. The molecule has 1 aliphatic rings. The van der Waals surface area contributed by atoms with Crippen molar-refractivity contribution in [1.29, 1.82) is 0 Å². The number of nitrogens with zero attached hydrogens (tertiary/aromatic N) is 2. The molecule has 0 bridgehead atoms. The Hall–Kier alpha value is -3.92. The number of ether oxygens (including phenoxy) is 1. The highest BCUT2D eigenvalue weighted by Crippen LogP contribution is 2.15. The number of carbonyl (C=O) groups excluding carboxylic acids is 3. The van der Waals surface area contributed by atoms with E-state index in [2.05, 4.69) is 15.2 Å². The number of anilines is 1. The van der Waals surface area contributed by atoms with Gasteiger partial charge in [-0.1, -0.05) is 12.1 Å². The maximum Gasteiger partial charge on any atom is 0.417 e. The highest BCUT2D eigenvalue weighted by Gasteiger charge is 2.22. The standard InChI is InChI=1S/C24H26N4O6/c1-16(29)25-19-5-2-17(3-6-19)15-33-24(32)28-12-10-27(11-13-28)9-8-21(30)18-4-7-20-22(14-18)34-23(31)26-20/h2-7,14H,8-13,15H2,1H3,(H,25,29)(H,26,31). The summed E-state index contributed by atoms with van der Waals surface area (Å²) in [6.45, 7) is 4.53. The Morgan fingerprint density at radius 1 is 1.06 bits per heavy atom. The molecule has 0 unspecified atom stereocenters. The lowest BCUT2D eigenvalue weighted by molar-refractivity contribution is -0.114. The van der Waals surface area contributed by atoms with Gasteiger partial charge in [-0.15, -0.1) is 0 Å². The van der Waals surface area contributed by atoms with Crippen LogP contribution in [0.2, 0.25) is 0 Å². The fraction of sp³-hybridized carbons (Fsp3) is 0.333. The van der Waals surface area contributed by atoms with Crippen molar-refractivity contribution in [3.05, 3.63) is 64.1 Å². The number of hydrogen-bond acceptors (Lipinski definition) is 7. The Morgan fingerprint density at radius 3 is 2.50 bits per heavy atom. The van der Waals surface area contributed by atoms with Gasteiger partial charge in [0.25, 0.3) is 0 Å². The molecular weight excluding hydrogens is 440 g/mol. The topological polar surface area (TPSA) is 125 Å². The van der Waals surface area contributed by atoms with E-state index in [-0.39, 0.29) is 24.4 Å². The minimum atomic E-state index is -0.545. The summed E-state index contributed by atoms with van der Waals surface area (Å²) >= 11 is 0. The van der Waals surface area contributed by atoms with E-state index in [1.54, 1.807) is 47.4 Å². The molecule has 1 aliphatic heterocycles. The minimum absolute atomic E-state index is 0.0305. The molecule has 0 radical (unpaired) electrons. The number of aromatic amines is 1. The summed E-state index contributed by atoms with van der Waals surface area (Å²) in [5, 5.41) is 2.69. The van der Waals surface area contributed by atoms with Crippen molar-refractivity contribution in [2.24, 2.45) is 0 Å². The van der Waals surface area contributed by atoms with Crippen LogP contribution in [0.3, 0.4) is 0 Å². The van der Waals surface area contributed by atoms with Gasteiger partial charge in [0.15, 0.2) is 11.4 Å². The second-order valence-corrected chi connectivity index (χ2v) is 8.16. The van der Waals surface area contributed by atoms with E-state index >= 15 is 0 Å². The molecule has 2 amide bonds. The van der Waals surface area contributed by atoms with Crippen LogP contribution < -0.4 is 11.1 Å². The van der Waals surface area contributed by atoms with Gasteiger partial charge in [-0.05, 0) is 35.9 Å². The van der Waals surface area contributed by atoms with Gasteiger partial charge in [-0.3, -0.25) is 19.5 Å². The predicted molar refractivity (Wildman–Crippen MR) is 125 cm³/mol. The van der Waals surface area contributed by atoms with Crippen molar-refractivity contribution < 1.29 is 23.5 Å². The molecule has 2 N–H and O–H groups in total. The molecule has 4 rings (SSSR count). The van der Waals surface area contributed by atoms with Crippen molar-refractivity contribution in [1.82, 2.24) is 14.8 Å². The Morgan fingerprint density at radius 2 is 1.79 bits per heavy atom. The largest absolute Gasteiger partial charge is 0.445 e. The van der Waals surface area contributed by atoms with Crippen LogP contribution in [-0.4, -0.2) is 65.3 Å². The second-order valence-electron chi connectivity index (χ2n) is 8.16. The third-order valence-corrected chi connectivity index (χ3v) is 5.67. The zero-order valence-corrected chi connectivity index (χ0v) is 18.8. The number of aromatic nitrogens is 1. The van der Waals surface area contributed by atoms with Crippen LogP contribution in [0.1, 0.15) is 29.3 Å². The third kappa shape index (κ3) is 5.90. The molecule has 10 nitrogen and oxygen atoms in total. The summed E-state index contributed by atoms with van der Waals surface area (Å²) in [5.41, 5.74) is 2.95. The van der Waals surface area contributed by atoms with Gasteiger partial charge >= 0.3 is 11.8 Å². The number of hydrogen-bond donors (Lipinski definition) is 2. The monoisotopic (exact) mass is 466 g/mol. The Labute approximate surface area is 195 Å². The molecule has 1 fully saturated rings. The third-order valence-electron chi connectivity index (χ3n) is 5.67. The van der Waals surface area contributed by atoms with Gasteiger partial charge in [0, 0.05) is 57.3 Å². The van der Waals surface area contributed by atoms with Crippen molar-refractivity contribution in [3.8, 4) is 0 Å². The molecule has 178 valence electrons. The van der Waals surface area contributed by atoms with Gasteiger partial charge in [0.2, 0.25) is 5.91 Å². The highest BCUT2D eigenvalue weighted by atomic mass is 16.6. The maximum absolute atomic E-state index is 12.5. The van der Waals surface area contributed by atoms with Crippen molar-refractivity contribution in [3.63, 3.8) is 0 Å². The second kappa shape index (κ2) is 10.3. The number of piperazine rings is 1. The molecular formula is C24H26N4O6. The van der Waals surface area contributed by atoms with Gasteiger partial charge < -0.3 is 19.4 Å². The van der Waals surface area contributed by atoms with Crippen molar-refractivity contribution in [2.75, 3.05) is 38.0 Å². The van der Waals surface area contributed by atoms with Crippen molar-refractivity contribution in [2.45, 2.75) is 20.0 Å². The molecule has 0 atom stereocenters. The first-order valence-corrected chi connectivity index (χ1v) is 11.0. The first-order valence-electron chi connectivity index (χ1n) is 11.0. The first kappa shape index (κ1) is 23.2. The van der Waals surface area contributed by atoms with Crippen LogP contribution >= 0.6 is 0 Å². The highest BCUT2D eigenvalue weighted by molar-refractivity contribution is 5.98. The number of benzene rings is 2. The molecule has 2 heterocycles. The minimum Gasteiger partial charge on any atom is -0.445 e. The van der Waals surface area contributed by atoms with Crippen LogP contribution in [0, 0.1) is 0 Å². The van der Waals surface area contributed by atoms with E-state index in [4.69, 9.17) is 9.15 Å². The van der Waals surface area contributed by atoms with Crippen LogP contribution in [-0.2, 0) is 16.1 Å². The zero-order chi connectivity index (χ0) is 24.1. The van der Waals surface area contributed by atoms with Gasteiger partial charge in [0.05, 0.1) is 5.52 Å². The summed E-state index contributed by atoms with van der Waals surface area (Å²) in [4.78, 5) is 53.6. The number of oxazole rings is 1. The lowest BCUT2D eigenvalue weighted by Gasteiger charge is -2.33. The maximum atomic E-state index is 12.5. The van der Waals surface area contributed by atoms with E-state index in [1.165, 1.54) is 6.92 Å². The van der Waals surface area contributed by atoms with E-state index in [1.807, 2.05) is 0 Å². The van der Waals surface area contributed by atoms with Crippen LogP contribution in [0.25, 0.3) is 11.1 Å². The van der Waals surface area contributed by atoms with Crippen LogP contribution in [0.15, 0.2) is 51.7 Å². The number of Topliss-reactive ketones (excluding diaryl/α,β-unsaturated/α-hetero) is 1. The summed E-state index contributed by atoms with van der Waals surface area (Å²) in [6.07, 6.45) is -0.0398. The van der Waals surface area contributed by atoms with E-state index in [0.717, 1.165) is 5.56 Å². The SMILES string of the molecule is CC(=O)Nc1ccc(COC(=O)N2CCN(CCC(=O)c3ccc4[nH]c(=O)oc4c3)CC2)cc1. The number of nitrogens with one attached hydrogen (secondary N) is 2. The Bertz CT molecular complexity index is 1240. The molecule has 34 heavy (non-hydrogen) atoms. The first-order chi connectivity index (χ1) is 16.4. The van der Waals surface area contributed by atoms with E-state index in [0.29, 0.717) is 61.5 Å². The van der Waals surface area contributed by atoms with Crippen molar-refractivity contribution >= 4 is 34.6 Å². The smallest absolute Gasteiger partial charge is 0.417 e. The van der Waals surface area contributed by atoms with Gasteiger partial charge in [-0.25, -0.2) is 9.59 Å². The number of H-pyrrole nitrogens is 1. The quantitative estimate of drug-likeness (QED) is 0.513. The fourth-order valence-corrected chi connectivity index (χ4v) is 3.80. The molecule has 10 heteroatoms. The number of carbonyl (C=O) groups is 3. The average molecular weight is 466 g/mol. The summed E-state index contributed by atoms with van der Waals surface area (Å²) in [5.74, 6) is -0.719. The average Bonchev–Trinajstić information content (AvgIpc) is 3.21. The number of fused-ring (bicyclic) bond motifs is 1. The summed E-state index contributed by atoms with van der Waals surface area (Å²) in [7, 11) is 0. The molecule has 0 saturated carbocycles. The number of amides is 2. The van der Waals surface area contributed by atoms with Crippen LogP contribution in [0.4, 0.5) is 10.5 Å². The van der Waals surface area contributed by atoms with E-state index < -0.39 is 5.76 Å². The lowest BCUT2D eigenvalue weighted by atomic mass is 10.1. The number of rotatable bonds is 7.